The van der Waals surface area contributed by atoms with Gasteiger partial charge in [0.15, 0.2) is 5.75 Å². The number of nitrogen functional groups attached to an aromatic ring is 1. The molecule has 0 unspecified atom stereocenters. The number of pyridine rings is 1. The summed E-state index contributed by atoms with van der Waals surface area (Å²) in [6.07, 6.45) is 7.02. The molecule has 6 heteroatoms. The van der Waals surface area contributed by atoms with E-state index in [1.54, 1.807) is 18.3 Å². The highest BCUT2D eigenvalue weighted by Gasteiger charge is 2.22. The Morgan fingerprint density at radius 3 is 3.00 bits per heavy atom. The molecular formula is C15H20N4O2. The van der Waals surface area contributed by atoms with Crippen molar-refractivity contribution in [2.75, 3.05) is 12.3 Å². The van der Waals surface area contributed by atoms with Crippen LogP contribution in [0.15, 0.2) is 24.5 Å². The molecule has 0 spiro atoms. The molecule has 1 aliphatic rings. The highest BCUT2D eigenvalue weighted by Crippen LogP contribution is 2.31. The van der Waals surface area contributed by atoms with E-state index in [0.717, 1.165) is 13.0 Å². The van der Waals surface area contributed by atoms with Crippen molar-refractivity contribution in [2.24, 2.45) is 5.92 Å². The zero-order valence-corrected chi connectivity index (χ0v) is 12.2. The summed E-state index contributed by atoms with van der Waals surface area (Å²) in [6, 6.07) is 3.48. The summed E-state index contributed by atoms with van der Waals surface area (Å²) in [5.74, 6) is 2.23. The normalized spacial score (nSPS) is 14.1. The number of nitrogens with zero attached hydrogens (tertiary/aromatic N) is 3. The molecule has 2 aromatic rings. The van der Waals surface area contributed by atoms with Crippen molar-refractivity contribution in [2.45, 2.75) is 32.7 Å². The van der Waals surface area contributed by atoms with E-state index in [-0.39, 0.29) is 0 Å². The molecule has 1 aliphatic carbocycles. The van der Waals surface area contributed by atoms with Gasteiger partial charge in [-0.2, -0.15) is 10.1 Å². The average Bonchev–Trinajstić information content (AvgIpc) is 3.20. The summed E-state index contributed by atoms with van der Waals surface area (Å²) in [7, 11) is 0. The second-order valence-corrected chi connectivity index (χ2v) is 5.34. The SMILES string of the molecule is CCCn1cc(Oc2ccc(N)c(OCC3CC3)n2)cn1. The molecule has 0 saturated heterocycles. The number of aryl methyl sites for hydroxylation is 1. The van der Waals surface area contributed by atoms with Crippen LogP contribution in [0.25, 0.3) is 0 Å². The van der Waals surface area contributed by atoms with Crippen LogP contribution in [0.2, 0.25) is 0 Å². The monoisotopic (exact) mass is 288 g/mol. The summed E-state index contributed by atoms with van der Waals surface area (Å²) in [5, 5.41) is 4.22. The average molecular weight is 288 g/mol. The molecule has 0 aromatic carbocycles. The largest absolute Gasteiger partial charge is 0.476 e. The first-order chi connectivity index (χ1) is 10.2. The van der Waals surface area contributed by atoms with Crippen molar-refractivity contribution in [1.29, 1.82) is 0 Å². The highest BCUT2D eigenvalue weighted by molar-refractivity contribution is 5.49. The van der Waals surface area contributed by atoms with E-state index in [4.69, 9.17) is 15.2 Å². The maximum Gasteiger partial charge on any atom is 0.240 e. The molecule has 3 rings (SSSR count). The van der Waals surface area contributed by atoms with Crippen molar-refractivity contribution in [3.8, 4) is 17.5 Å². The minimum atomic E-state index is 0.445. The Morgan fingerprint density at radius 1 is 1.38 bits per heavy atom. The Hall–Kier alpha value is -2.24. The zero-order chi connectivity index (χ0) is 14.7. The maximum atomic E-state index is 5.87. The highest BCUT2D eigenvalue weighted by atomic mass is 16.5. The molecule has 2 N–H and O–H groups in total. The maximum absolute atomic E-state index is 5.87. The van der Waals surface area contributed by atoms with Gasteiger partial charge in [-0.1, -0.05) is 6.92 Å². The summed E-state index contributed by atoms with van der Waals surface area (Å²) in [5.41, 5.74) is 6.41. The first-order valence-corrected chi connectivity index (χ1v) is 7.34. The Kier molecular flexibility index (Phi) is 3.94. The van der Waals surface area contributed by atoms with Gasteiger partial charge in [-0.3, -0.25) is 4.68 Å². The molecule has 0 amide bonds. The van der Waals surface area contributed by atoms with E-state index in [9.17, 15) is 0 Å². The van der Waals surface area contributed by atoms with Crippen LogP contribution in [-0.4, -0.2) is 21.4 Å². The minimum Gasteiger partial charge on any atom is -0.476 e. The van der Waals surface area contributed by atoms with Gasteiger partial charge in [0, 0.05) is 12.6 Å². The van der Waals surface area contributed by atoms with Crippen molar-refractivity contribution in [3.63, 3.8) is 0 Å². The summed E-state index contributed by atoms with van der Waals surface area (Å²) < 4.78 is 13.2. The van der Waals surface area contributed by atoms with Gasteiger partial charge in [0.1, 0.15) is 0 Å². The fraction of sp³-hybridized carbons (Fsp3) is 0.467. The molecule has 0 radical (unpaired) electrons. The summed E-state index contributed by atoms with van der Waals surface area (Å²) in [4.78, 5) is 4.32. The smallest absolute Gasteiger partial charge is 0.240 e. The lowest BCUT2D eigenvalue weighted by atomic mass is 10.4. The standard InChI is InChI=1S/C15H20N4O2/c1-2-7-19-9-12(8-17-19)21-14-6-5-13(16)15(18-14)20-10-11-3-4-11/h5-6,8-9,11H,2-4,7,10,16H2,1H3. The lowest BCUT2D eigenvalue weighted by Crippen LogP contribution is -2.04. The number of hydrogen-bond donors (Lipinski definition) is 1. The number of nitrogens with two attached hydrogens (primary N) is 1. The molecular weight excluding hydrogens is 268 g/mol. The van der Waals surface area contributed by atoms with E-state index in [1.165, 1.54) is 12.8 Å². The molecule has 21 heavy (non-hydrogen) atoms. The quantitative estimate of drug-likeness (QED) is 0.848. The first kappa shape index (κ1) is 13.7. The third-order valence-corrected chi connectivity index (χ3v) is 3.30. The predicted molar refractivity (Wildman–Crippen MR) is 79.5 cm³/mol. The zero-order valence-electron chi connectivity index (χ0n) is 12.2. The second kappa shape index (κ2) is 6.03. The molecule has 1 fully saturated rings. The van der Waals surface area contributed by atoms with Crippen LogP contribution in [0.3, 0.4) is 0 Å². The van der Waals surface area contributed by atoms with Crippen molar-refractivity contribution in [3.05, 3.63) is 24.5 Å². The van der Waals surface area contributed by atoms with Crippen molar-refractivity contribution in [1.82, 2.24) is 14.8 Å². The number of aromatic nitrogens is 3. The van der Waals surface area contributed by atoms with Crippen LogP contribution in [0.1, 0.15) is 26.2 Å². The van der Waals surface area contributed by atoms with Gasteiger partial charge in [-0.15, -0.1) is 0 Å². The Balaban J connectivity index is 1.67. The first-order valence-electron chi connectivity index (χ1n) is 7.34. The number of hydrogen-bond acceptors (Lipinski definition) is 5. The summed E-state index contributed by atoms with van der Waals surface area (Å²) in [6.45, 7) is 3.65. The third kappa shape index (κ3) is 3.65. The van der Waals surface area contributed by atoms with E-state index in [0.29, 0.717) is 35.7 Å². The van der Waals surface area contributed by atoms with E-state index < -0.39 is 0 Å². The third-order valence-electron chi connectivity index (χ3n) is 3.30. The molecule has 112 valence electrons. The van der Waals surface area contributed by atoms with Crippen LogP contribution in [0.4, 0.5) is 5.69 Å². The molecule has 6 nitrogen and oxygen atoms in total. The molecule has 0 bridgehead atoms. The molecule has 1 saturated carbocycles. The Labute approximate surface area is 123 Å². The van der Waals surface area contributed by atoms with Crippen molar-refractivity contribution < 1.29 is 9.47 Å². The summed E-state index contributed by atoms with van der Waals surface area (Å²) >= 11 is 0. The number of ether oxygens (including phenoxy) is 2. The fourth-order valence-corrected chi connectivity index (χ4v) is 1.96. The van der Waals surface area contributed by atoms with Gasteiger partial charge < -0.3 is 15.2 Å². The van der Waals surface area contributed by atoms with Crippen LogP contribution < -0.4 is 15.2 Å². The Bertz CT molecular complexity index is 607. The molecule has 2 heterocycles. The number of rotatable bonds is 7. The van der Waals surface area contributed by atoms with Crippen molar-refractivity contribution >= 4 is 5.69 Å². The van der Waals surface area contributed by atoms with Crippen LogP contribution in [-0.2, 0) is 6.54 Å². The topological polar surface area (TPSA) is 75.2 Å². The van der Waals surface area contributed by atoms with Crippen LogP contribution in [0, 0.1) is 5.92 Å². The predicted octanol–water partition coefficient (Wildman–Crippen LogP) is 2.85. The minimum absolute atomic E-state index is 0.445. The van der Waals surface area contributed by atoms with Gasteiger partial charge in [0.2, 0.25) is 11.8 Å². The fourth-order valence-electron chi connectivity index (χ4n) is 1.96. The van der Waals surface area contributed by atoms with Crippen LogP contribution >= 0.6 is 0 Å². The molecule has 2 aromatic heterocycles. The van der Waals surface area contributed by atoms with E-state index >= 15 is 0 Å². The number of anilines is 1. The van der Waals surface area contributed by atoms with E-state index in [1.807, 2.05) is 10.9 Å². The van der Waals surface area contributed by atoms with Crippen LogP contribution in [0.5, 0.6) is 17.5 Å². The van der Waals surface area contributed by atoms with Gasteiger partial charge >= 0.3 is 0 Å². The van der Waals surface area contributed by atoms with Gasteiger partial charge in [0.25, 0.3) is 0 Å². The van der Waals surface area contributed by atoms with Gasteiger partial charge in [-0.05, 0) is 31.2 Å². The lowest BCUT2D eigenvalue weighted by molar-refractivity contribution is 0.286. The lowest BCUT2D eigenvalue weighted by Gasteiger charge is -2.09. The molecule has 0 aliphatic heterocycles. The van der Waals surface area contributed by atoms with Gasteiger partial charge in [0.05, 0.1) is 24.7 Å². The van der Waals surface area contributed by atoms with E-state index in [2.05, 4.69) is 17.0 Å². The Morgan fingerprint density at radius 2 is 2.24 bits per heavy atom. The second-order valence-electron chi connectivity index (χ2n) is 5.34. The van der Waals surface area contributed by atoms with Gasteiger partial charge in [-0.25, -0.2) is 0 Å². The molecule has 0 atom stereocenters.